The molecule has 1 rings (SSSR count). The van der Waals surface area contributed by atoms with Gasteiger partial charge < -0.3 is 0 Å². The van der Waals surface area contributed by atoms with E-state index in [9.17, 15) is 0 Å². The van der Waals surface area contributed by atoms with Crippen LogP contribution in [0.4, 0.5) is 0 Å². The molecule has 0 aliphatic carbocycles. The molecule has 0 aliphatic rings. The topological polar surface area (TPSA) is 12.9 Å². The summed E-state index contributed by atoms with van der Waals surface area (Å²) in [6, 6.07) is 4.00. The number of nitrogens with zero attached hydrogens (tertiary/aromatic N) is 1. The first-order valence-corrected chi connectivity index (χ1v) is 4.29. The van der Waals surface area contributed by atoms with Crippen LogP contribution in [0.25, 0.3) is 0 Å². The van der Waals surface area contributed by atoms with Gasteiger partial charge in [-0.05, 0) is 0 Å². The second-order valence-corrected chi connectivity index (χ2v) is 3.52. The second kappa shape index (κ2) is 2.69. The van der Waals surface area contributed by atoms with Crippen molar-refractivity contribution in [1.82, 2.24) is 4.98 Å². The zero-order valence-corrected chi connectivity index (χ0v) is 8.38. The molecule has 3 heteroatoms. The first-order valence-electron chi connectivity index (χ1n) is 2.19. The van der Waals surface area contributed by atoms with E-state index >= 15 is 0 Å². The van der Waals surface area contributed by atoms with E-state index < -0.39 is 0 Å². The summed E-state index contributed by atoms with van der Waals surface area (Å²) in [5.41, 5.74) is 0. The van der Waals surface area contributed by atoms with Gasteiger partial charge in [-0.15, -0.1) is 0 Å². The van der Waals surface area contributed by atoms with Crippen LogP contribution < -0.4 is 0 Å². The van der Waals surface area contributed by atoms with Gasteiger partial charge in [-0.25, -0.2) is 0 Å². The summed E-state index contributed by atoms with van der Waals surface area (Å²) in [5.74, 6) is 0. The van der Waals surface area contributed by atoms with Crippen molar-refractivity contribution in [1.29, 1.82) is 0 Å². The van der Waals surface area contributed by atoms with Gasteiger partial charge in [0.25, 0.3) is 0 Å². The van der Waals surface area contributed by atoms with Gasteiger partial charge >= 0.3 is 63.6 Å². The van der Waals surface area contributed by atoms with E-state index in [1.165, 1.54) is 4.00 Å². The van der Waals surface area contributed by atoms with Crippen molar-refractivity contribution in [3.05, 3.63) is 26.5 Å². The molecule has 1 nitrogen and oxygen atoms in total. The molecular weight excluding hydrogens is 219 g/mol. The first-order chi connectivity index (χ1) is 3.80. The van der Waals surface area contributed by atoms with Gasteiger partial charge in [0, 0.05) is 0 Å². The second-order valence-electron chi connectivity index (χ2n) is 1.40. The fraction of sp³-hybridized carbons (Fsp3) is 0. The molecule has 1 aromatic rings. The molecule has 8 heavy (non-hydrogen) atoms. The van der Waals surface area contributed by atoms with Crippen LogP contribution in [0.15, 0.2) is 18.3 Å². The summed E-state index contributed by atoms with van der Waals surface area (Å²) >= 11 is 4.07. The Bertz CT molecular complexity index is 241. The van der Waals surface area contributed by atoms with Crippen LogP contribution in [0.3, 0.4) is 0 Å². The molecule has 0 N–H and O–H groups in total. The third-order valence-electron chi connectivity index (χ3n) is 0.808. The van der Waals surface area contributed by atoms with E-state index in [0.29, 0.717) is 0 Å². The molecule has 36 valence electrons. The van der Waals surface area contributed by atoms with Gasteiger partial charge in [0.2, 0.25) is 0 Å². The Morgan fingerprint density at radius 3 is 2.50 bits per heavy atom. The number of rotatable bonds is 0. The Morgan fingerprint density at radius 2 is 2.12 bits per heavy atom. The molecule has 0 aromatic carbocycles. The number of hydrogen-bond donors (Lipinski definition) is 0. The van der Waals surface area contributed by atoms with Gasteiger partial charge in [-0.1, -0.05) is 0 Å². The fourth-order valence-corrected chi connectivity index (χ4v) is 1.07. The van der Waals surface area contributed by atoms with Crippen LogP contribution >= 0.6 is 0 Å². The van der Waals surface area contributed by atoms with Crippen molar-refractivity contribution in [3.8, 4) is 0 Å². The predicted molar refractivity (Wildman–Crippen MR) is 33.4 cm³/mol. The molecular formula is C5H3Ge2N. The summed E-state index contributed by atoms with van der Waals surface area (Å²) in [5, 5.41) is 0. The molecule has 0 unspecified atom stereocenters. The maximum absolute atomic E-state index is 4.08. The van der Waals surface area contributed by atoms with Crippen LogP contribution in [0.1, 0.15) is 0 Å². The molecule has 1 heterocycles. The third-order valence-corrected chi connectivity index (χ3v) is 3.59. The van der Waals surface area contributed by atoms with Crippen molar-refractivity contribution in [2.24, 2.45) is 0 Å². The minimum atomic E-state index is 1.12. The van der Waals surface area contributed by atoms with Gasteiger partial charge in [0.1, 0.15) is 0 Å². The van der Waals surface area contributed by atoms with Gasteiger partial charge in [0.15, 0.2) is 0 Å². The van der Waals surface area contributed by atoms with Crippen molar-refractivity contribution in [3.63, 3.8) is 0 Å². The average molecular weight is 222 g/mol. The molecule has 0 saturated carbocycles. The van der Waals surface area contributed by atoms with E-state index in [-0.39, 0.29) is 0 Å². The molecule has 0 spiro atoms. The summed E-state index contributed by atoms with van der Waals surface area (Å²) in [6.07, 6.45) is 1.81. The quantitative estimate of drug-likeness (QED) is 0.560. The maximum atomic E-state index is 4.08. The van der Waals surface area contributed by atoms with E-state index in [1.54, 1.807) is 0 Å². The SMILES string of the molecule is [Ge]=[c]1cccn[c]1=[Ge]. The van der Waals surface area contributed by atoms with Crippen LogP contribution in [0, 0.1) is 8.12 Å². The summed E-state index contributed by atoms with van der Waals surface area (Å²) < 4.78 is 2.38. The van der Waals surface area contributed by atoms with E-state index in [1.807, 2.05) is 28.3 Å². The van der Waals surface area contributed by atoms with Crippen LogP contribution in [-0.2, 0) is 0 Å². The van der Waals surface area contributed by atoms with Crippen molar-refractivity contribution >= 4 is 32.1 Å². The Hall–Kier alpha value is 0.236. The molecule has 4 radical (unpaired) electrons. The standard InChI is InChI=1S/C5H3Ge2N/c6-4-2-1-3-8-5(4)7/h1-3H. The van der Waals surface area contributed by atoms with Crippen molar-refractivity contribution in [2.45, 2.75) is 0 Å². The molecule has 1 aromatic heterocycles. The fourth-order valence-electron chi connectivity index (χ4n) is 0.405. The Kier molecular flexibility index (Phi) is 2.13. The van der Waals surface area contributed by atoms with Gasteiger partial charge in [-0.3, -0.25) is 0 Å². The first kappa shape index (κ1) is 6.36. The van der Waals surface area contributed by atoms with Crippen molar-refractivity contribution in [2.75, 3.05) is 0 Å². The van der Waals surface area contributed by atoms with E-state index in [2.05, 4.69) is 27.1 Å². The summed E-state index contributed by atoms with van der Waals surface area (Å²) in [7, 11) is 0. The molecule has 0 atom stereocenters. The van der Waals surface area contributed by atoms with Crippen molar-refractivity contribution < 1.29 is 0 Å². The predicted octanol–water partition coefficient (Wildman–Crippen LogP) is -0.0796. The number of pyridine rings is 1. The summed E-state index contributed by atoms with van der Waals surface area (Å²) in [6.45, 7) is 0. The molecule has 0 amide bonds. The Morgan fingerprint density at radius 1 is 1.38 bits per heavy atom. The Labute approximate surface area is 63.7 Å². The van der Waals surface area contributed by atoms with E-state index in [0.717, 1.165) is 4.13 Å². The van der Waals surface area contributed by atoms with Gasteiger partial charge in [-0.2, -0.15) is 0 Å². The molecule has 0 saturated heterocycles. The zero-order valence-electron chi connectivity index (χ0n) is 4.18. The van der Waals surface area contributed by atoms with Crippen LogP contribution in [-0.4, -0.2) is 37.1 Å². The normalized spacial score (nSPS) is 9.00. The third kappa shape index (κ3) is 1.35. The Balaban J connectivity index is 3.59. The number of aromatic nitrogens is 1. The minimum absolute atomic E-state index is 1.12. The van der Waals surface area contributed by atoms with Gasteiger partial charge in [0.05, 0.1) is 0 Å². The monoisotopic (exact) mass is 225 g/mol. The summed E-state index contributed by atoms with van der Waals surface area (Å²) in [4.78, 5) is 4.08. The number of hydrogen-bond acceptors (Lipinski definition) is 1. The molecule has 0 bridgehead atoms. The van der Waals surface area contributed by atoms with E-state index in [4.69, 9.17) is 0 Å². The van der Waals surface area contributed by atoms with Crippen LogP contribution in [0.5, 0.6) is 0 Å². The molecule has 0 fully saturated rings. The average Bonchev–Trinajstić information content (AvgIpc) is 1.77. The zero-order chi connectivity index (χ0) is 5.98. The van der Waals surface area contributed by atoms with Crippen LogP contribution in [0.2, 0.25) is 0 Å². The molecule has 0 aliphatic heterocycles.